The third-order valence-corrected chi connectivity index (χ3v) is 4.81. The maximum absolute atomic E-state index is 11.8. The number of halogens is 2. The predicted molar refractivity (Wildman–Crippen MR) is 89.7 cm³/mol. The zero-order chi connectivity index (χ0) is 15.1. The second kappa shape index (κ2) is 8.42. The highest BCUT2D eigenvalue weighted by molar-refractivity contribution is 9.10. The van der Waals surface area contributed by atoms with E-state index in [0.717, 1.165) is 0 Å². The van der Waals surface area contributed by atoms with Gasteiger partial charge in [0.1, 0.15) is 0 Å². The van der Waals surface area contributed by atoms with Crippen LogP contribution in [0.25, 0.3) is 0 Å². The van der Waals surface area contributed by atoms with E-state index in [0.29, 0.717) is 24.2 Å². The Kier molecular flexibility index (Phi) is 7.23. The molecule has 2 unspecified atom stereocenters. The van der Waals surface area contributed by atoms with Crippen molar-refractivity contribution in [1.82, 2.24) is 0 Å². The third-order valence-electron chi connectivity index (χ3n) is 2.68. The fourth-order valence-corrected chi connectivity index (χ4v) is 1.72. The summed E-state index contributed by atoms with van der Waals surface area (Å²) in [6, 6.07) is 7.10. The molecule has 1 rings (SSSR count). The summed E-state index contributed by atoms with van der Waals surface area (Å²) in [6.45, 7) is 3.85. The Bertz CT molecular complexity index is 441. The van der Waals surface area contributed by atoms with Gasteiger partial charge in [0.05, 0.1) is 9.65 Å². The van der Waals surface area contributed by atoms with Gasteiger partial charge < -0.3 is 10.6 Å². The maximum Gasteiger partial charge on any atom is 0.238 e. The Morgan fingerprint density at radius 1 is 1.00 bits per heavy atom. The van der Waals surface area contributed by atoms with Crippen LogP contribution < -0.4 is 10.6 Å². The first kappa shape index (κ1) is 17.2. The summed E-state index contributed by atoms with van der Waals surface area (Å²) in [7, 11) is 0. The Morgan fingerprint density at radius 2 is 1.40 bits per heavy atom. The number of nitrogens with one attached hydrogen (secondary N) is 2. The molecule has 0 aliphatic heterocycles. The smallest absolute Gasteiger partial charge is 0.238 e. The van der Waals surface area contributed by atoms with Crippen molar-refractivity contribution in [3.63, 3.8) is 0 Å². The molecule has 2 N–H and O–H groups in total. The van der Waals surface area contributed by atoms with Crippen LogP contribution in [-0.2, 0) is 9.59 Å². The normalized spacial score (nSPS) is 13.4. The molecule has 4 nitrogen and oxygen atoms in total. The lowest BCUT2D eigenvalue weighted by Crippen LogP contribution is -2.23. The van der Waals surface area contributed by atoms with Crippen LogP contribution in [0.15, 0.2) is 24.3 Å². The van der Waals surface area contributed by atoms with E-state index in [-0.39, 0.29) is 21.5 Å². The van der Waals surface area contributed by atoms with Crippen LogP contribution in [0.2, 0.25) is 0 Å². The van der Waals surface area contributed by atoms with Crippen molar-refractivity contribution in [1.29, 1.82) is 0 Å². The van der Waals surface area contributed by atoms with E-state index in [1.54, 1.807) is 24.3 Å². The molecule has 0 aromatic heterocycles. The molecule has 0 radical (unpaired) electrons. The van der Waals surface area contributed by atoms with Crippen molar-refractivity contribution in [2.45, 2.75) is 36.3 Å². The van der Waals surface area contributed by atoms with Crippen LogP contribution in [0.1, 0.15) is 26.7 Å². The van der Waals surface area contributed by atoms with Gasteiger partial charge in [0.25, 0.3) is 0 Å². The number of hydrogen-bond acceptors (Lipinski definition) is 2. The number of amides is 2. The second-order valence-corrected chi connectivity index (χ2v) is 6.52. The summed E-state index contributed by atoms with van der Waals surface area (Å²) in [6.07, 6.45) is 1.42. The Labute approximate surface area is 136 Å². The Morgan fingerprint density at radius 3 is 1.75 bits per heavy atom. The average Bonchev–Trinajstić information content (AvgIpc) is 2.45. The van der Waals surface area contributed by atoms with E-state index in [1.807, 2.05) is 13.8 Å². The van der Waals surface area contributed by atoms with E-state index in [9.17, 15) is 9.59 Å². The first-order chi connectivity index (χ1) is 9.47. The van der Waals surface area contributed by atoms with Gasteiger partial charge in [-0.1, -0.05) is 51.8 Å². The van der Waals surface area contributed by atoms with Crippen molar-refractivity contribution >= 4 is 55.0 Å². The van der Waals surface area contributed by atoms with E-state index >= 15 is 0 Å². The molecular weight excluding hydrogens is 388 g/mol. The number of carbonyl (C=O) groups excluding carboxylic acids is 2. The quantitative estimate of drug-likeness (QED) is 0.705. The molecule has 110 valence electrons. The van der Waals surface area contributed by atoms with Crippen molar-refractivity contribution < 1.29 is 9.59 Å². The largest absolute Gasteiger partial charge is 0.325 e. The third kappa shape index (κ3) is 5.25. The monoisotopic (exact) mass is 404 g/mol. The summed E-state index contributed by atoms with van der Waals surface area (Å²) >= 11 is 6.60. The molecule has 0 aliphatic rings. The van der Waals surface area contributed by atoms with Crippen molar-refractivity contribution in [2.24, 2.45) is 0 Å². The summed E-state index contributed by atoms with van der Waals surface area (Å²) in [5, 5.41) is 5.60. The molecule has 0 heterocycles. The highest BCUT2D eigenvalue weighted by atomic mass is 79.9. The number of anilines is 2. The maximum atomic E-state index is 11.8. The molecule has 0 aliphatic carbocycles. The number of benzene rings is 1. The standard InChI is InChI=1S/C14H18Br2N2O2/c1-3-11(15)13(19)17-9-6-5-7-10(8-9)18-14(20)12(16)4-2/h5-8,11-12H,3-4H2,1-2H3,(H,17,19)(H,18,20). The molecule has 1 aromatic rings. The van der Waals surface area contributed by atoms with Crippen LogP contribution in [0.4, 0.5) is 11.4 Å². The lowest BCUT2D eigenvalue weighted by atomic mass is 10.2. The molecular formula is C14H18Br2N2O2. The first-order valence-corrected chi connectivity index (χ1v) is 8.31. The lowest BCUT2D eigenvalue weighted by Gasteiger charge is -2.12. The van der Waals surface area contributed by atoms with Crippen molar-refractivity contribution in [3.05, 3.63) is 24.3 Å². The van der Waals surface area contributed by atoms with Gasteiger partial charge in [0, 0.05) is 11.4 Å². The second-order valence-electron chi connectivity index (χ2n) is 4.31. The molecule has 1 aromatic carbocycles. The minimum Gasteiger partial charge on any atom is -0.325 e. The van der Waals surface area contributed by atoms with Gasteiger partial charge in [-0.3, -0.25) is 9.59 Å². The number of alkyl halides is 2. The van der Waals surface area contributed by atoms with E-state index in [4.69, 9.17) is 0 Å². The molecule has 2 atom stereocenters. The zero-order valence-corrected chi connectivity index (χ0v) is 14.6. The first-order valence-electron chi connectivity index (χ1n) is 6.47. The van der Waals surface area contributed by atoms with Gasteiger partial charge in [-0.25, -0.2) is 0 Å². The summed E-state index contributed by atoms with van der Waals surface area (Å²) in [5.74, 6) is -0.189. The molecule has 2 amide bonds. The van der Waals surface area contributed by atoms with Gasteiger partial charge in [-0.05, 0) is 31.0 Å². The molecule has 6 heteroatoms. The van der Waals surface area contributed by atoms with Crippen LogP contribution in [0.5, 0.6) is 0 Å². The molecule has 0 spiro atoms. The Hall–Kier alpha value is -0.880. The summed E-state index contributed by atoms with van der Waals surface area (Å²) in [5.41, 5.74) is 1.32. The van der Waals surface area contributed by atoms with Crippen LogP contribution in [0.3, 0.4) is 0 Å². The van der Waals surface area contributed by atoms with Gasteiger partial charge in [-0.15, -0.1) is 0 Å². The minimum atomic E-state index is -0.215. The highest BCUT2D eigenvalue weighted by Gasteiger charge is 2.14. The van der Waals surface area contributed by atoms with Crippen LogP contribution in [-0.4, -0.2) is 21.5 Å². The molecule has 0 fully saturated rings. The van der Waals surface area contributed by atoms with Gasteiger partial charge in [0.15, 0.2) is 0 Å². The molecule has 0 bridgehead atoms. The minimum absolute atomic E-state index is 0.0945. The molecule has 0 saturated carbocycles. The van der Waals surface area contributed by atoms with E-state index in [1.165, 1.54) is 0 Å². The van der Waals surface area contributed by atoms with Gasteiger partial charge >= 0.3 is 0 Å². The number of carbonyl (C=O) groups is 2. The van der Waals surface area contributed by atoms with Crippen LogP contribution >= 0.6 is 31.9 Å². The fraction of sp³-hybridized carbons (Fsp3) is 0.429. The molecule has 20 heavy (non-hydrogen) atoms. The number of rotatable bonds is 6. The lowest BCUT2D eigenvalue weighted by molar-refractivity contribution is -0.116. The number of hydrogen-bond donors (Lipinski definition) is 2. The average molecular weight is 406 g/mol. The van der Waals surface area contributed by atoms with Gasteiger partial charge in [0.2, 0.25) is 11.8 Å². The SMILES string of the molecule is CCC(Br)C(=O)Nc1cccc(NC(=O)C(Br)CC)c1. The topological polar surface area (TPSA) is 58.2 Å². The molecule has 0 saturated heterocycles. The highest BCUT2D eigenvalue weighted by Crippen LogP contribution is 2.18. The predicted octanol–water partition coefficient (Wildman–Crippen LogP) is 3.91. The summed E-state index contributed by atoms with van der Waals surface area (Å²) in [4.78, 5) is 23.1. The van der Waals surface area contributed by atoms with Gasteiger partial charge in [-0.2, -0.15) is 0 Å². The summed E-state index contributed by atoms with van der Waals surface area (Å²) < 4.78 is 0. The Balaban J connectivity index is 2.71. The van der Waals surface area contributed by atoms with E-state index in [2.05, 4.69) is 42.5 Å². The van der Waals surface area contributed by atoms with Crippen molar-refractivity contribution in [2.75, 3.05) is 10.6 Å². The zero-order valence-electron chi connectivity index (χ0n) is 11.5. The van der Waals surface area contributed by atoms with Crippen LogP contribution in [0, 0.1) is 0 Å². The van der Waals surface area contributed by atoms with Crippen molar-refractivity contribution in [3.8, 4) is 0 Å². The van der Waals surface area contributed by atoms with E-state index < -0.39 is 0 Å². The fourth-order valence-electron chi connectivity index (χ4n) is 1.49.